The first-order chi connectivity index (χ1) is 18.6. The summed E-state index contributed by atoms with van der Waals surface area (Å²) < 4.78 is 38.8. The zero-order valence-corrected chi connectivity index (χ0v) is 21.3. The average molecular weight is 550 g/mol. The highest BCUT2D eigenvalue weighted by molar-refractivity contribution is 6.08. The number of ether oxygens (including phenoxy) is 1. The number of carbonyl (C=O) groups is 2. The van der Waals surface area contributed by atoms with Crippen LogP contribution in [0.15, 0.2) is 36.7 Å². The Labute approximate surface area is 222 Å². The number of rotatable bonds is 5. The number of aliphatic carboxylic acids is 1. The van der Waals surface area contributed by atoms with Gasteiger partial charge in [-0.3, -0.25) is 4.79 Å². The number of carboxylic acid groups (broad SMARTS) is 1. The predicted octanol–water partition coefficient (Wildman–Crippen LogP) is 2.92. The number of fused-ring (bicyclic) bond motifs is 1. The van der Waals surface area contributed by atoms with Gasteiger partial charge in [0.05, 0.1) is 19.4 Å². The number of benzene rings is 1. The molecule has 0 saturated carbocycles. The molecule has 2 aliphatic rings. The molecule has 2 aliphatic heterocycles. The Morgan fingerprint density at radius 3 is 2.59 bits per heavy atom. The fourth-order valence-corrected chi connectivity index (χ4v) is 4.29. The molecule has 210 valence electrons. The van der Waals surface area contributed by atoms with Crippen LogP contribution in [-0.4, -0.2) is 83.2 Å². The summed E-state index contributed by atoms with van der Waals surface area (Å²) in [7, 11) is 0. The molecule has 1 atom stereocenters. The molecular weight excluding hydrogens is 519 g/mol. The highest BCUT2D eigenvalue weighted by Gasteiger charge is 2.38. The summed E-state index contributed by atoms with van der Waals surface area (Å²) in [5.74, 6) is -2.22. The summed E-state index contributed by atoms with van der Waals surface area (Å²) in [6.07, 6.45) is 0.567. The van der Waals surface area contributed by atoms with Crippen molar-refractivity contribution in [3.63, 3.8) is 0 Å². The maximum atomic E-state index is 13.1. The van der Waals surface area contributed by atoms with Crippen LogP contribution in [0.1, 0.15) is 28.8 Å². The van der Waals surface area contributed by atoms with E-state index in [1.165, 1.54) is 0 Å². The minimum absolute atomic E-state index is 0.216. The first-order valence-electron chi connectivity index (χ1n) is 12.5. The SMILES string of the molecule is Cc1cc(N2CCOCC2)ccc1NC(=O)c1cnn2ccc(N[C@@H]3CCCNC3)nc12.O=C(O)C(F)(F)F. The molecule has 0 bridgehead atoms. The molecule has 0 spiro atoms. The number of anilines is 3. The number of carbonyl (C=O) groups excluding carboxylic acids is 1. The van der Waals surface area contributed by atoms with E-state index in [1.54, 1.807) is 10.7 Å². The zero-order valence-electron chi connectivity index (χ0n) is 21.3. The molecule has 0 radical (unpaired) electrons. The first-order valence-corrected chi connectivity index (χ1v) is 12.5. The largest absolute Gasteiger partial charge is 0.490 e. The van der Waals surface area contributed by atoms with Gasteiger partial charge in [-0.25, -0.2) is 14.3 Å². The lowest BCUT2D eigenvalue weighted by Crippen LogP contribution is -2.38. The summed E-state index contributed by atoms with van der Waals surface area (Å²) in [5.41, 5.74) is 3.94. The molecule has 39 heavy (non-hydrogen) atoms. The van der Waals surface area contributed by atoms with E-state index in [2.05, 4.69) is 37.0 Å². The highest BCUT2D eigenvalue weighted by Crippen LogP contribution is 2.24. The number of hydrogen-bond donors (Lipinski definition) is 4. The zero-order chi connectivity index (χ0) is 28.0. The minimum atomic E-state index is -5.08. The van der Waals surface area contributed by atoms with Crippen molar-refractivity contribution in [2.75, 3.05) is 54.9 Å². The molecule has 3 aromatic rings. The van der Waals surface area contributed by atoms with Crippen molar-refractivity contribution in [2.45, 2.75) is 32.0 Å². The number of aryl methyl sites for hydroxylation is 1. The van der Waals surface area contributed by atoms with E-state index in [-0.39, 0.29) is 5.91 Å². The molecular formula is C25H30F3N7O4. The van der Waals surface area contributed by atoms with Gasteiger partial charge in [-0.05, 0) is 56.1 Å². The fraction of sp³-hybridized carbons (Fsp3) is 0.440. The van der Waals surface area contributed by atoms with Crippen LogP contribution < -0.4 is 20.9 Å². The van der Waals surface area contributed by atoms with Crippen LogP contribution in [0.4, 0.5) is 30.4 Å². The Morgan fingerprint density at radius 2 is 1.95 bits per heavy atom. The van der Waals surface area contributed by atoms with E-state index in [9.17, 15) is 18.0 Å². The summed E-state index contributed by atoms with van der Waals surface area (Å²) in [4.78, 5) is 28.9. The molecule has 2 fully saturated rings. The Hall–Kier alpha value is -3.91. The molecule has 0 unspecified atom stereocenters. The molecule has 4 N–H and O–H groups in total. The Balaban J connectivity index is 0.000000448. The summed E-state index contributed by atoms with van der Waals surface area (Å²) in [6.45, 7) is 7.23. The molecule has 2 aromatic heterocycles. The van der Waals surface area contributed by atoms with Crippen LogP contribution in [-0.2, 0) is 9.53 Å². The van der Waals surface area contributed by atoms with Gasteiger partial charge in [-0.2, -0.15) is 18.3 Å². The molecule has 5 rings (SSSR count). The van der Waals surface area contributed by atoms with Gasteiger partial charge in [-0.15, -0.1) is 0 Å². The van der Waals surface area contributed by atoms with Crippen LogP contribution in [0.2, 0.25) is 0 Å². The second-order valence-corrected chi connectivity index (χ2v) is 9.18. The van der Waals surface area contributed by atoms with E-state index in [1.807, 2.05) is 31.3 Å². The van der Waals surface area contributed by atoms with Crippen molar-refractivity contribution >= 4 is 34.7 Å². The lowest BCUT2D eigenvalue weighted by atomic mass is 10.1. The van der Waals surface area contributed by atoms with Gasteiger partial charge in [0.1, 0.15) is 11.4 Å². The predicted molar refractivity (Wildman–Crippen MR) is 138 cm³/mol. The number of aromatic nitrogens is 3. The number of alkyl halides is 3. The number of amides is 1. The van der Waals surface area contributed by atoms with E-state index in [4.69, 9.17) is 14.6 Å². The smallest absolute Gasteiger partial charge is 0.475 e. The van der Waals surface area contributed by atoms with Crippen molar-refractivity contribution in [3.05, 3.63) is 47.8 Å². The number of piperidine rings is 1. The number of hydrogen-bond acceptors (Lipinski definition) is 8. The van der Waals surface area contributed by atoms with Crippen molar-refractivity contribution in [2.24, 2.45) is 0 Å². The number of nitrogens with zero attached hydrogens (tertiary/aromatic N) is 4. The topological polar surface area (TPSA) is 133 Å². The normalized spacial score (nSPS) is 17.7. The second-order valence-electron chi connectivity index (χ2n) is 9.18. The van der Waals surface area contributed by atoms with Crippen LogP contribution in [0.25, 0.3) is 5.65 Å². The molecule has 2 saturated heterocycles. The average Bonchev–Trinajstić information content (AvgIpc) is 3.34. The standard InChI is InChI=1S/C23H29N7O2.C2HF3O2/c1-16-13-18(29-9-11-32-12-10-29)4-5-20(16)27-23(31)19-15-25-30-8-6-21(28-22(19)30)26-17-3-2-7-24-14-17;3-2(4,5)1(6)7/h4-6,8,13,15,17,24H,2-3,7,9-12,14H2,1H3,(H,26,28)(H,27,31);(H,6,7)/t17-;/m1./s1. The maximum absolute atomic E-state index is 13.1. The van der Waals surface area contributed by atoms with Gasteiger partial charge < -0.3 is 30.7 Å². The third kappa shape index (κ3) is 7.35. The summed E-state index contributed by atoms with van der Waals surface area (Å²) >= 11 is 0. The van der Waals surface area contributed by atoms with Crippen molar-refractivity contribution in [1.82, 2.24) is 19.9 Å². The van der Waals surface area contributed by atoms with E-state index in [0.717, 1.165) is 75.0 Å². The van der Waals surface area contributed by atoms with Crippen molar-refractivity contribution < 1.29 is 32.6 Å². The van der Waals surface area contributed by atoms with Crippen LogP contribution >= 0.6 is 0 Å². The third-order valence-corrected chi connectivity index (χ3v) is 6.34. The lowest BCUT2D eigenvalue weighted by molar-refractivity contribution is -0.192. The molecule has 1 aromatic carbocycles. The van der Waals surface area contributed by atoms with Crippen LogP contribution in [0.5, 0.6) is 0 Å². The summed E-state index contributed by atoms with van der Waals surface area (Å²) in [5, 5.41) is 21.3. The van der Waals surface area contributed by atoms with Crippen molar-refractivity contribution in [3.8, 4) is 0 Å². The molecule has 0 aliphatic carbocycles. The highest BCUT2D eigenvalue weighted by atomic mass is 19.4. The van der Waals surface area contributed by atoms with Crippen molar-refractivity contribution in [1.29, 1.82) is 0 Å². The van der Waals surface area contributed by atoms with Crippen LogP contribution in [0.3, 0.4) is 0 Å². The molecule has 14 heteroatoms. The lowest BCUT2D eigenvalue weighted by Gasteiger charge is -2.29. The number of carboxylic acids is 1. The van der Waals surface area contributed by atoms with E-state index >= 15 is 0 Å². The number of nitrogens with one attached hydrogen (secondary N) is 3. The van der Waals surface area contributed by atoms with Gasteiger partial charge in [0.15, 0.2) is 5.65 Å². The Kier molecular flexibility index (Phi) is 8.86. The van der Waals surface area contributed by atoms with E-state index in [0.29, 0.717) is 17.3 Å². The monoisotopic (exact) mass is 549 g/mol. The fourth-order valence-electron chi connectivity index (χ4n) is 4.29. The third-order valence-electron chi connectivity index (χ3n) is 6.34. The van der Waals surface area contributed by atoms with Gasteiger partial charge >= 0.3 is 12.1 Å². The van der Waals surface area contributed by atoms with Gasteiger partial charge in [-0.1, -0.05) is 0 Å². The molecule has 11 nitrogen and oxygen atoms in total. The van der Waals surface area contributed by atoms with Gasteiger partial charge in [0.25, 0.3) is 5.91 Å². The number of morpholine rings is 1. The molecule has 4 heterocycles. The Morgan fingerprint density at radius 1 is 1.21 bits per heavy atom. The maximum Gasteiger partial charge on any atom is 0.490 e. The summed E-state index contributed by atoms with van der Waals surface area (Å²) in [6, 6.07) is 8.34. The van der Waals surface area contributed by atoms with Crippen LogP contribution in [0, 0.1) is 6.92 Å². The second kappa shape index (κ2) is 12.3. The minimum Gasteiger partial charge on any atom is -0.475 e. The number of halogens is 3. The quantitative estimate of drug-likeness (QED) is 0.379. The molecule has 1 amide bonds. The van der Waals surface area contributed by atoms with Gasteiger partial charge in [0.2, 0.25) is 0 Å². The van der Waals surface area contributed by atoms with Gasteiger partial charge in [0, 0.05) is 43.2 Å². The van der Waals surface area contributed by atoms with E-state index < -0.39 is 12.1 Å². The Bertz CT molecular complexity index is 1300. The first kappa shape index (κ1) is 28.1.